The minimum absolute atomic E-state index is 0.0157. The van der Waals surface area contributed by atoms with Gasteiger partial charge in [0.2, 0.25) is 0 Å². The highest BCUT2D eigenvalue weighted by atomic mass is 35.5. The number of amides is 2. The molecule has 166 valence electrons. The van der Waals surface area contributed by atoms with E-state index < -0.39 is 23.6 Å². The first-order valence-corrected chi connectivity index (χ1v) is 9.89. The molecule has 9 heteroatoms. The number of ether oxygens (including phenoxy) is 1. The summed E-state index contributed by atoms with van der Waals surface area (Å²) < 4.78 is 62.4. The Balaban J connectivity index is 1.88. The molecule has 0 bridgehead atoms. The Bertz CT molecular complexity index is 1150. The Morgan fingerprint density at radius 2 is 1.69 bits per heavy atom. The van der Waals surface area contributed by atoms with Crippen molar-refractivity contribution in [3.63, 3.8) is 0 Å². The Morgan fingerprint density at radius 3 is 2.28 bits per heavy atom. The molecule has 0 saturated heterocycles. The van der Waals surface area contributed by atoms with Gasteiger partial charge in [0.15, 0.2) is 5.54 Å². The predicted octanol–water partition coefficient (Wildman–Crippen LogP) is 6.02. The fraction of sp³-hybridized carbons (Fsp3) is 0.174. The zero-order chi connectivity index (χ0) is 23.1. The summed E-state index contributed by atoms with van der Waals surface area (Å²) in [6, 6.07) is 13.7. The molecule has 0 aliphatic carbocycles. The van der Waals surface area contributed by atoms with Crippen molar-refractivity contribution in [3.05, 3.63) is 94.3 Å². The molecule has 1 heterocycles. The highest BCUT2D eigenvalue weighted by Gasteiger charge is 2.62. The maximum atomic E-state index is 14.6. The number of nitrogens with zero attached hydrogens (tertiary/aromatic N) is 1. The lowest BCUT2D eigenvalue weighted by Crippen LogP contribution is -2.63. The van der Waals surface area contributed by atoms with Crippen LogP contribution in [-0.2, 0) is 12.1 Å². The third-order valence-corrected chi connectivity index (χ3v) is 5.63. The van der Waals surface area contributed by atoms with Crippen LogP contribution in [0.25, 0.3) is 0 Å². The van der Waals surface area contributed by atoms with E-state index >= 15 is 0 Å². The van der Waals surface area contributed by atoms with Gasteiger partial charge in [-0.15, -0.1) is 0 Å². The Morgan fingerprint density at radius 1 is 1.03 bits per heavy atom. The molecular weight excluding hydrogens is 448 g/mol. The van der Waals surface area contributed by atoms with E-state index in [1.807, 2.05) is 0 Å². The fourth-order valence-electron chi connectivity index (χ4n) is 3.83. The first-order valence-electron chi connectivity index (χ1n) is 9.51. The van der Waals surface area contributed by atoms with Crippen LogP contribution >= 0.6 is 11.6 Å². The topological polar surface area (TPSA) is 41.6 Å². The zero-order valence-corrected chi connectivity index (χ0v) is 17.5. The lowest BCUT2D eigenvalue weighted by atomic mass is 9.79. The van der Waals surface area contributed by atoms with Gasteiger partial charge in [-0.3, -0.25) is 4.90 Å². The van der Waals surface area contributed by atoms with Gasteiger partial charge in [0.05, 0.1) is 19.3 Å². The molecule has 4 rings (SSSR count). The minimum Gasteiger partial charge on any atom is -0.497 e. The maximum Gasteiger partial charge on any atom is 0.420 e. The largest absolute Gasteiger partial charge is 0.497 e. The zero-order valence-electron chi connectivity index (χ0n) is 16.7. The first-order chi connectivity index (χ1) is 15.2. The molecule has 0 radical (unpaired) electrons. The van der Waals surface area contributed by atoms with E-state index in [0.717, 1.165) is 24.3 Å². The van der Waals surface area contributed by atoms with Gasteiger partial charge < -0.3 is 10.1 Å². The van der Waals surface area contributed by atoms with E-state index in [-0.39, 0.29) is 28.4 Å². The molecule has 1 aliphatic rings. The molecular formula is C23H17ClF4N2O2. The number of fused-ring (bicyclic) bond motifs is 1. The van der Waals surface area contributed by atoms with Crippen molar-refractivity contribution in [2.45, 2.75) is 18.3 Å². The number of benzene rings is 3. The van der Waals surface area contributed by atoms with Crippen LogP contribution in [0.5, 0.6) is 5.75 Å². The molecule has 0 aromatic heterocycles. The van der Waals surface area contributed by atoms with E-state index in [9.17, 15) is 22.4 Å². The number of carbonyl (C=O) groups excluding carboxylic acids is 1. The van der Waals surface area contributed by atoms with Crippen molar-refractivity contribution in [1.29, 1.82) is 0 Å². The molecule has 0 unspecified atom stereocenters. The minimum atomic E-state index is -4.94. The number of halogens is 5. The van der Waals surface area contributed by atoms with Crippen LogP contribution in [-0.4, -0.2) is 19.3 Å². The van der Waals surface area contributed by atoms with E-state index in [2.05, 4.69) is 5.32 Å². The number of carbonyl (C=O) groups is 1. The van der Waals surface area contributed by atoms with Crippen LogP contribution in [0.4, 0.5) is 28.0 Å². The lowest BCUT2D eigenvalue weighted by molar-refractivity contribution is -0.184. The number of nitrogens with one attached hydrogen (secondary N) is 1. The Kier molecular flexibility index (Phi) is 5.50. The van der Waals surface area contributed by atoms with Crippen LogP contribution in [0.2, 0.25) is 5.02 Å². The number of anilines is 1. The van der Waals surface area contributed by atoms with Crippen molar-refractivity contribution < 1.29 is 27.1 Å². The molecule has 1 atom stereocenters. The molecule has 3 aromatic carbocycles. The standard InChI is InChI=1S/C23H17ClF4N2O2/c1-32-18-9-2-14(3-10-18)13-30-20-11-6-16(24)12-19(20)22(23(26,27)28,29-21(30)31)15-4-7-17(25)8-5-15/h2-12H,13H2,1H3,(H,29,31)/t22-/m1/s1. The highest BCUT2D eigenvalue weighted by Crippen LogP contribution is 2.50. The van der Waals surface area contributed by atoms with Crippen molar-refractivity contribution in [1.82, 2.24) is 5.32 Å². The predicted molar refractivity (Wildman–Crippen MR) is 112 cm³/mol. The maximum absolute atomic E-state index is 14.6. The summed E-state index contributed by atoms with van der Waals surface area (Å²) in [5.74, 6) is -0.0860. The summed E-state index contributed by atoms with van der Waals surface area (Å²) in [7, 11) is 1.51. The second-order valence-electron chi connectivity index (χ2n) is 7.28. The van der Waals surface area contributed by atoms with Crippen LogP contribution < -0.4 is 15.0 Å². The molecule has 1 aliphatic heterocycles. The second kappa shape index (κ2) is 8.02. The van der Waals surface area contributed by atoms with E-state index in [4.69, 9.17) is 16.3 Å². The van der Waals surface area contributed by atoms with Gasteiger partial charge in [0, 0.05) is 10.6 Å². The average molecular weight is 465 g/mol. The van der Waals surface area contributed by atoms with E-state index in [1.54, 1.807) is 24.3 Å². The van der Waals surface area contributed by atoms with Crippen LogP contribution in [0, 0.1) is 5.82 Å². The summed E-state index contributed by atoms with van der Waals surface area (Å²) in [6.07, 6.45) is -4.94. The van der Waals surface area contributed by atoms with Gasteiger partial charge >= 0.3 is 12.2 Å². The third-order valence-electron chi connectivity index (χ3n) is 5.40. The van der Waals surface area contributed by atoms with Gasteiger partial charge in [-0.1, -0.05) is 35.9 Å². The quantitative estimate of drug-likeness (QED) is 0.479. The van der Waals surface area contributed by atoms with Gasteiger partial charge in [0.1, 0.15) is 11.6 Å². The van der Waals surface area contributed by atoms with Crippen molar-refractivity contribution in [2.75, 3.05) is 12.0 Å². The molecule has 2 amide bonds. The monoisotopic (exact) mass is 464 g/mol. The summed E-state index contributed by atoms with van der Waals surface area (Å²) in [4.78, 5) is 14.3. The second-order valence-corrected chi connectivity index (χ2v) is 7.72. The molecule has 0 spiro atoms. The fourth-order valence-corrected chi connectivity index (χ4v) is 4.01. The number of hydrogen-bond donors (Lipinski definition) is 1. The van der Waals surface area contributed by atoms with Crippen LogP contribution in [0.1, 0.15) is 16.7 Å². The number of methoxy groups -OCH3 is 1. The van der Waals surface area contributed by atoms with Gasteiger partial charge in [-0.05, 0) is 53.6 Å². The van der Waals surface area contributed by atoms with Crippen molar-refractivity contribution >= 4 is 23.3 Å². The number of hydrogen-bond acceptors (Lipinski definition) is 2. The normalized spacial score (nSPS) is 18.2. The van der Waals surface area contributed by atoms with Gasteiger partial charge in [-0.2, -0.15) is 13.2 Å². The van der Waals surface area contributed by atoms with Crippen molar-refractivity contribution in [3.8, 4) is 5.75 Å². The molecule has 1 N–H and O–H groups in total. The lowest BCUT2D eigenvalue weighted by Gasteiger charge is -2.45. The van der Waals surface area contributed by atoms with E-state index in [0.29, 0.717) is 11.3 Å². The first kappa shape index (κ1) is 22.0. The average Bonchev–Trinajstić information content (AvgIpc) is 2.76. The summed E-state index contributed by atoms with van der Waals surface area (Å²) in [6.45, 7) is 0.0157. The molecule has 4 nitrogen and oxygen atoms in total. The highest BCUT2D eigenvalue weighted by molar-refractivity contribution is 6.30. The molecule has 0 saturated carbocycles. The number of alkyl halides is 3. The SMILES string of the molecule is COc1ccc(CN2C(=O)N[C@@](c3ccc(F)cc3)(C(F)(F)F)c3cc(Cl)ccc32)cc1. The molecule has 0 fully saturated rings. The third kappa shape index (κ3) is 3.64. The van der Waals surface area contributed by atoms with E-state index in [1.165, 1.54) is 30.2 Å². The van der Waals surface area contributed by atoms with Crippen LogP contribution in [0.15, 0.2) is 66.7 Å². The van der Waals surface area contributed by atoms with Gasteiger partial charge in [-0.25, -0.2) is 9.18 Å². The smallest absolute Gasteiger partial charge is 0.420 e. The number of urea groups is 1. The Labute approximate surface area is 186 Å². The molecule has 3 aromatic rings. The summed E-state index contributed by atoms with van der Waals surface area (Å²) in [5, 5.41) is 2.21. The van der Waals surface area contributed by atoms with Gasteiger partial charge in [0.25, 0.3) is 0 Å². The Hall–Kier alpha value is -3.26. The summed E-state index contributed by atoms with van der Waals surface area (Å²) in [5.41, 5.74) is -2.74. The van der Waals surface area contributed by atoms with Crippen molar-refractivity contribution in [2.24, 2.45) is 0 Å². The molecule has 32 heavy (non-hydrogen) atoms. The number of rotatable bonds is 4. The van der Waals surface area contributed by atoms with Crippen LogP contribution in [0.3, 0.4) is 0 Å². The summed E-state index contributed by atoms with van der Waals surface area (Å²) >= 11 is 6.07.